The average Bonchev–Trinajstić information content (AvgIpc) is 2.68. The molecule has 30 heavy (non-hydrogen) atoms. The summed E-state index contributed by atoms with van der Waals surface area (Å²) >= 11 is 0. The second-order valence-corrected chi connectivity index (χ2v) is 6.49. The topological polar surface area (TPSA) is 79.8 Å². The summed E-state index contributed by atoms with van der Waals surface area (Å²) in [5.74, 6) is -2.60. The zero-order chi connectivity index (χ0) is 22.0. The molecule has 3 aromatic rings. The van der Waals surface area contributed by atoms with Crippen LogP contribution in [0, 0.1) is 12.7 Å². The Labute approximate surface area is 169 Å². The van der Waals surface area contributed by atoms with Gasteiger partial charge in [0.05, 0.1) is 28.9 Å². The Morgan fingerprint density at radius 1 is 1.20 bits per heavy atom. The van der Waals surface area contributed by atoms with Gasteiger partial charge in [-0.3, -0.25) is 4.79 Å². The average molecular weight is 419 g/mol. The molecule has 6 nitrogen and oxygen atoms in total. The fourth-order valence-corrected chi connectivity index (χ4v) is 2.85. The van der Waals surface area contributed by atoms with Gasteiger partial charge in [0, 0.05) is 5.56 Å². The fraction of sp³-hybridized carbons (Fsp3) is 0.200. The Hall–Kier alpha value is -3.56. The van der Waals surface area contributed by atoms with Crippen LogP contribution in [-0.4, -0.2) is 20.9 Å². The first-order valence-electron chi connectivity index (χ1n) is 8.80. The van der Waals surface area contributed by atoms with Crippen LogP contribution in [-0.2, 0) is 4.79 Å². The number of anilines is 2. The Kier molecular flexibility index (Phi) is 5.95. The minimum atomic E-state index is -2.94. The molecule has 1 aromatic carbocycles. The predicted octanol–water partition coefficient (Wildman–Crippen LogP) is 5.00. The summed E-state index contributed by atoms with van der Waals surface area (Å²) in [5, 5.41) is 5.62. The second-order valence-electron chi connectivity index (χ2n) is 6.49. The molecule has 0 bridgehead atoms. The van der Waals surface area contributed by atoms with Crippen molar-refractivity contribution in [2.75, 3.05) is 10.6 Å². The number of alkyl halides is 2. The highest BCUT2D eigenvalue weighted by Gasteiger charge is 2.20. The molecule has 0 aliphatic carbocycles. The van der Waals surface area contributed by atoms with Gasteiger partial charge < -0.3 is 10.6 Å². The molecule has 0 unspecified atom stereocenters. The van der Waals surface area contributed by atoms with E-state index in [4.69, 9.17) is 0 Å². The van der Waals surface area contributed by atoms with Gasteiger partial charge in [-0.15, -0.1) is 0 Å². The minimum absolute atomic E-state index is 0.0309. The molecule has 10 heteroatoms. The van der Waals surface area contributed by atoms with E-state index in [0.29, 0.717) is 11.2 Å². The number of rotatable bonds is 6. The van der Waals surface area contributed by atoms with Crippen molar-refractivity contribution < 1.29 is 22.4 Å². The Morgan fingerprint density at radius 2 is 1.90 bits per heavy atom. The van der Waals surface area contributed by atoms with Crippen molar-refractivity contribution in [3.8, 4) is 0 Å². The lowest BCUT2D eigenvalue weighted by molar-refractivity contribution is -0.114. The van der Waals surface area contributed by atoms with E-state index in [2.05, 4.69) is 32.2 Å². The molecule has 1 atom stereocenters. The Bertz CT molecular complexity index is 1140. The van der Waals surface area contributed by atoms with Crippen LogP contribution in [0.4, 0.5) is 29.1 Å². The summed E-state index contributed by atoms with van der Waals surface area (Å²) in [7, 11) is 0. The van der Waals surface area contributed by atoms with Crippen LogP contribution >= 0.6 is 0 Å². The quantitative estimate of drug-likeness (QED) is 0.434. The molecule has 3 rings (SSSR count). The molecule has 0 radical (unpaired) electrons. The maximum absolute atomic E-state index is 14.5. The lowest BCUT2D eigenvalue weighted by Crippen LogP contribution is -2.13. The SMILES string of the molecule is C=C(F)C(=O)Nc1cnc2nc(C)nc(N[C@H](C)c3cccc(C(F)F)c3F)c2c1. The van der Waals surface area contributed by atoms with E-state index in [-0.39, 0.29) is 22.7 Å². The van der Waals surface area contributed by atoms with Gasteiger partial charge in [-0.25, -0.2) is 32.5 Å². The molecular weight excluding hydrogens is 402 g/mol. The van der Waals surface area contributed by atoms with Gasteiger partial charge >= 0.3 is 0 Å². The van der Waals surface area contributed by atoms with Crippen LogP contribution in [0.2, 0.25) is 0 Å². The van der Waals surface area contributed by atoms with Gasteiger partial charge in [0.25, 0.3) is 12.3 Å². The monoisotopic (exact) mass is 419 g/mol. The number of hydrogen-bond acceptors (Lipinski definition) is 5. The summed E-state index contributed by atoms with van der Waals surface area (Å²) < 4.78 is 53.5. The first-order valence-corrected chi connectivity index (χ1v) is 8.80. The van der Waals surface area contributed by atoms with Crippen molar-refractivity contribution in [1.82, 2.24) is 15.0 Å². The van der Waals surface area contributed by atoms with E-state index >= 15 is 0 Å². The van der Waals surface area contributed by atoms with Crippen molar-refractivity contribution in [2.45, 2.75) is 26.3 Å². The molecule has 0 fully saturated rings. The predicted molar refractivity (Wildman–Crippen MR) is 104 cm³/mol. The molecule has 0 aliphatic rings. The number of aromatic nitrogens is 3. The van der Waals surface area contributed by atoms with E-state index in [0.717, 1.165) is 6.07 Å². The maximum atomic E-state index is 14.5. The third-order valence-corrected chi connectivity index (χ3v) is 4.28. The number of nitrogens with zero attached hydrogens (tertiary/aromatic N) is 3. The number of carbonyl (C=O) groups is 1. The van der Waals surface area contributed by atoms with E-state index in [1.807, 2.05) is 0 Å². The van der Waals surface area contributed by atoms with Gasteiger partial charge in [-0.2, -0.15) is 0 Å². The molecule has 1 amide bonds. The highest BCUT2D eigenvalue weighted by Crippen LogP contribution is 2.30. The summed E-state index contributed by atoms with van der Waals surface area (Å²) in [6.07, 6.45) is -1.66. The molecule has 0 aliphatic heterocycles. The number of amides is 1. The van der Waals surface area contributed by atoms with Crippen molar-refractivity contribution >= 4 is 28.4 Å². The Morgan fingerprint density at radius 3 is 2.57 bits per heavy atom. The standard InChI is InChI=1S/C20H17F4N5O/c1-9(21)20(30)29-12-7-15-18(25-8-12)27-11(3)28-19(15)26-10(2)13-5-4-6-14(16(13)22)17(23)24/h4-8,10,17H,1H2,2-3H3,(H,29,30)(H,25,26,27,28)/t10-/m1/s1. The van der Waals surface area contributed by atoms with Gasteiger partial charge in [0.1, 0.15) is 17.5 Å². The number of hydrogen-bond donors (Lipinski definition) is 2. The van der Waals surface area contributed by atoms with Crippen molar-refractivity contribution in [1.29, 1.82) is 0 Å². The van der Waals surface area contributed by atoms with Crippen LogP contribution in [0.5, 0.6) is 0 Å². The van der Waals surface area contributed by atoms with Gasteiger partial charge in [-0.1, -0.05) is 24.8 Å². The van der Waals surface area contributed by atoms with E-state index in [9.17, 15) is 22.4 Å². The third-order valence-electron chi connectivity index (χ3n) is 4.28. The van der Waals surface area contributed by atoms with Gasteiger partial charge in [0.2, 0.25) is 0 Å². The highest BCUT2D eigenvalue weighted by molar-refractivity contribution is 6.02. The summed E-state index contributed by atoms with van der Waals surface area (Å²) in [4.78, 5) is 24.1. The fourth-order valence-electron chi connectivity index (χ4n) is 2.85. The highest BCUT2D eigenvalue weighted by atomic mass is 19.3. The number of fused-ring (bicyclic) bond motifs is 1. The van der Waals surface area contributed by atoms with E-state index in [1.165, 1.54) is 24.4 Å². The van der Waals surface area contributed by atoms with Crippen LogP contribution in [0.15, 0.2) is 42.9 Å². The number of halogens is 4. The normalized spacial score (nSPS) is 12.1. The van der Waals surface area contributed by atoms with E-state index < -0.39 is 35.6 Å². The van der Waals surface area contributed by atoms with Crippen molar-refractivity contribution in [3.05, 3.63) is 65.6 Å². The van der Waals surface area contributed by atoms with E-state index in [1.54, 1.807) is 13.8 Å². The zero-order valence-corrected chi connectivity index (χ0v) is 16.0. The lowest BCUT2D eigenvalue weighted by Gasteiger charge is -2.18. The number of nitrogens with one attached hydrogen (secondary N) is 2. The second kappa shape index (κ2) is 8.44. The molecule has 2 heterocycles. The Balaban J connectivity index is 1.99. The van der Waals surface area contributed by atoms with Crippen LogP contribution in [0.25, 0.3) is 11.0 Å². The first-order chi connectivity index (χ1) is 14.2. The first kappa shape index (κ1) is 21.2. The maximum Gasteiger partial charge on any atom is 0.283 e. The number of carbonyl (C=O) groups excluding carboxylic acids is 1. The third kappa shape index (κ3) is 4.37. The number of pyridine rings is 1. The molecule has 156 valence electrons. The lowest BCUT2D eigenvalue weighted by atomic mass is 10.0. The molecule has 2 aromatic heterocycles. The van der Waals surface area contributed by atoms with Crippen molar-refractivity contribution in [2.24, 2.45) is 0 Å². The van der Waals surface area contributed by atoms with Crippen molar-refractivity contribution in [3.63, 3.8) is 0 Å². The summed E-state index contributed by atoms with van der Waals surface area (Å²) in [6.45, 7) is 6.13. The van der Waals surface area contributed by atoms with Crippen LogP contribution < -0.4 is 10.6 Å². The molecule has 0 saturated carbocycles. The molecule has 0 saturated heterocycles. The van der Waals surface area contributed by atoms with Gasteiger partial charge in [-0.05, 0) is 19.9 Å². The minimum Gasteiger partial charge on any atom is -0.363 e. The zero-order valence-electron chi connectivity index (χ0n) is 16.0. The van der Waals surface area contributed by atoms with Gasteiger partial charge in [0.15, 0.2) is 11.5 Å². The van der Waals surface area contributed by atoms with Crippen LogP contribution in [0.1, 0.15) is 36.3 Å². The largest absolute Gasteiger partial charge is 0.363 e. The molecule has 0 spiro atoms. The molecule has 2 N–H and O–H groups in total. The summed E-state index contributed by atoms with van der Waals surface area (Å²) in [6, 6.07) is 4.50. The number of aryl methyl sites for hydroxylation is 1. The van der Waals surface area contributed by atoms with Crippen LogP contribution in [0.3, 0.4) is 0 Å². The summed E-state index contributed by atoms with van der Waals surface area (Å²) in [5.41, 5.74) is -0.220. The molecular formula is C20H17F4N5O. The number of benzene rings is 1. The smallest absolute Gasteiger partial charge is 0.283 e.